The molecule has 1 aliphatic heterocycles. The Balaban J connectivity index is 1.37. The third kappa shape index (κ3) is 4.74. The first-order valence-electron chi connectivity index (χ1n) is 10.3. The normalized spacial score (nSPS) is 16.0. The fourth-order valence-corrected chi connectivity index (χ4v) is 3.82. The number of carbonyl (C=O) groups is 2. The SMILES string of the molecule is COc1ccccc1CNC(=O)C1CCCN(C(=O)c2cc(-c3cccnc3)n[nH]2)C1. The van der Waals surface area contributed by atoms with Crippen molar-refractivity contribution in [2.45, 2.75) is 19.4 Å². The predicted molar refractivity (Wildman–Crippen MR) is 115 cm³/mol. The Hall–Kier alpha value is -3.68. The van der Waals surface area contributed by atoms with E-state index in [0.717, 1.165) is 29.7 Å². The highest BCUT2D eigenvalue weighted by molar-refractivity contribution is 5.94. The zero-order valence-electron chi connectivity index (χ0n) is 17.4. The third-order valence-electron chi connectivity index (χ3n) is 5.49. The fraction of sp³-hybridized carbons (Fsp3) is 0.304. The van der Waals surface area contributed by atoms with Crippen molar-refractivity contribution in [3.8, 4) is 17.0 Å². The Bertz CT molecular complexity index is 1050. The van der Waals surface area contributed by atoms with Gasteiger partial charge < -0.3 is 15.0 Å². The van der Waals surface area contributed by atoms with Crippen LogP contribution in [0.2, 0.25) is 0 Å². The van der Waals surface area contributed by atoms with Gasteiger partial charge in [0.1, 0.15) is 11.4 Å². The molecule has 1 atom stereocenters. The van der Waals surface area contributed by atoms with Crippen molar-refractivity contribution in [1.29, 1.82) is 0 Å². The number of H-pyrrole nitrogens is 1. The molecule has 0 saturated carbocycles. The smallest absolute Gasteiger partial charge is 0.271 e. The summed E-state index contributed by atoms with van der Waals surface area (Å²) >= 11 is 0. The van der Waals surface area contributed by atoms with Gasteiger partial charge in [-0.2, -0.15) is 5.10 Å². The van der Waals surface area contributed by atoms with E-state index < -0.39 is 0 Å². The predicted octanol–water partition coefficient (Wildman–Crippen LogP) is 2.65. The molecule has 1 fully saturated rings. The van der Waals surface area contributed by atoms with Gasteiger partial charge in [-0.15, -0.1) is 0 Å². The maximum atomic E-state index is 13.0. The van der Waals surface area contributed by atoms with Crippen LogP contribution in [0.4, 0.5) is 0 Å². The van der Waals surface area contributed by atoms with E-state index in [0.29, 0.717) is 31.0 Å². The van der Waals surface area contributed by atoms with Crippen LogP contribution in [0, 0.1) is 5.92 Å². The molecule has 0 radical (unpaired) electrons. The number of amides is 2. The molecule has 31 heavy (non-hydrogen) atoms. The minimum Gasteiger partial charge on any atom is -0.496 e. The summed E-state index contributed by atoms with van der Waals surface area (Å²) in [6.45, 7) is 1.40. The van der Waals surface area contributed by atoms with Crippen LogP contribution in [0.5, 0.6) is 5.75 Å². The van der Waals surface area contributed by atoms with Crippen molar-refractivity contribution >= 4 is 11.8 Å². The van der Waals surface area contributed by atoms with Gasteiger partial charge in [-0.1, -0.05) is 18.2 Å². The summed E-state index contributed by atoms with van der Waals surface area (Å²) in [7, 11) is 1.61. The van der Waals surface area contributed by atoms with E-state index in [9.17, 15) is 9.59 Å². The molecule has 1 saturated heterocycles. The molecule has 8 heteroatoms. The number of benzene rings is 1. The average molecular weight is 419 g/mol. The Kier molecular flexibility index (Phi) is 6.26. The second-order valence-electron chi connectivity index (χ2n) is 7.53. The number of nitrogens with one attached hydrogen (secondary N) is 2. The number of hydrogen-bond acceptors (Lipinski definition) is 5. The molecule has 2 N–H and O–H groups in total. The average Bonchev–Trinajstić information content (AvgIpc) is 3.33. The van der Waals surface area contributed by atoms with Crippen molar-refractivity contribution < 1.29 is 14.3 Å². The lowest BCUT2D eigenvalue weighted by Gasteiger charge is -2.31. The van der Waals surface area contributed by atoms with Crippen LogP contribution in [0.25, 0.3) is 11.3 Å². The molecule has 4 rings (SSSR count). The lowest BCUT2D eigenvalue weighted by atomic mass is 9.96. The zero-order chi connectivity index (χ0) is 21.6. The maximum absolute atomic E-state index is 13.0. The van der Waals surface area contributed by atoms with Gasteiger partial charge in [0, 0.05) is 43.2 Å². The quantitative estimate of drug-likeness (QED) is 0.640. The van der Waals surface area contributed by atoms with Crippen molar-refractivity contribution in [1.82, 2.24) is 25.4 Å². The highest BCUT2D eigenvalue weighted by atomic mass is 16.5. The molecule has 0 aliphatic carbocycles. The van der Waals surface area contributed by atoms with E-state index in [1.165, 1.54) is 0 Å². The molecule has 160 valence electrons. The Morgan fingerprint density at radius 1 is 1.26 bits per heavy atom. The van der Waals surface area contributed by atoms with Crippen molar-refractivity contribution in [2.24, 2.45) is 5.92 Å². The monoisotopic (exact) mass is 419 g/mol. The van der Waals surface area contributed by atoms with Crippen LogP contribution in [0.15, 0.2) is 54.9 Å². The summed E-state index contributed by atoms with van der Waals surface area (Å²) in [5.74, 6) is 0.300. The number of piperidine rings is 1. The van der Waals surface area contributed by atoms with Gasteiger partial charge in [0.2, 0.25) is 5.91 Å². The van der Waals surface area contributed by atoms with E-state index in [2.05, 4.69) is 20.5 Å². The first-order valence-corrected chi connectivity index (χ1v) is 10.3. The van der Waals surface area contributed by atoms with Gasteiger partial charge in [-0.3, -0.25) is 19.7 Å². The van der Waals surface area contributed by atoms with Gasteiger partial charge in [0.05, 0.1) is 18.7 Å². The first-order chi connectivity index (χ1) is 15.2. The number of likely N-dealkylation sites (tertiary alicyclic amines) is 1. The van der Waals surface area contributed by atoms with Gasteiger partial charge in [0.15, 0.2) is 0 Å². The number of hydrogen-bond donors (Lipinski definition) is 2. The van der Waals surface area contributed by atoms with Crippen molar-refractivity contribution in [3.05, 3.63) is 66.1 Å². The lowest BCUT2D eigenvalue weighted by Crippen LogP contribution is -2.45. The molecular weight excluding hydrogens is 394 g/mol. The Morgan fingerprint density at radius 3 is 2.94 bits per heavy atom. The van der Waals surface area contributed by atoms with Crippen molar-refractivity contribution in [3.63, 3.8) is 0 Å². The third-order valence-corrected chi connectivity index (χ3v) is 5.49. The maximum Gasteiger partial charge on any atom is 0.271 e. The molecule has 1 unspecified atom stereocenters. The van der Waals surface area contributed by atoms with Gasteiger partial charge in [-0.05, 0) is 37.1 Å². The van der Waals surface area contributed by atoms with Gasteiger partial charge >= 0.3 is 0 Å². The molecule has 1 aromatic carbocycles. The van der Waals surface area contributed by atoms with Crippen molar-refractivity contribution in [2.75, 3.05) is 20.2 Å². The molecule has 2 amide bonds. The molecule has 3 aromatic rings. The van der Waals surface area contributed by atoms with Crippen LogP contribution in [0.1, 0.15) is 28.9 Å². The molecule has 0 spiro atoms. The van der Waals surface area contributed by atoms with Gasteiger partial charge in [0.25, 0.3) is 5.91 Å². The largest absolute Gasteiger partial charge is 0.496 e. The van der Waals surface area contributed by atoms with E-state index in [-0.39, 0.29) is 17.7 Å². The van der Waals surface area contributed by atoms with E-state index in [1.54, 1.807) is 30.5 Å². The van der Waals surface area contributed by atoms with E-state index >= 15 is 0 Å². The molecule has 2 aromatic heterocycles. The molecule has 3 heterocycles. The second-order valence-corrected chi connectivity index (χ2v) is 7.53. The highest BCUT2D eigenvalue weighted by Crippen LogP contribution is 2.22. The minimum absolute atomic E-state index is 0.0518. The summed E-state index contributed by atoms with van der Waals surface area (Å²) in [6, 6.07) is 13.0. The van der Waals surface area contributed by atoms with Crippen LogP contribution in [-0.4, -0.2) is 52.1 Å². The lowest BCUT2D eigenvalue weighted by molar-refractivity contribution is -0.126. The van der Waals surface area contributed by atoms with Crippen LogP contribution in [-0.2, 0) is 11.3 Å². The highest BCUT2D eigenvalue weighted by Gasteiger charge is 2.29. The number of rotatable bonds is 6. The summed E-state index contributed by atoms with van der Waals surface area (Å²) in [5, 5.41) is 10.0. The molecule has 8 nitrogen and oxygen atoms in total. The number of ether oxygens (including phenoxy) is 1. The minimum atomic E-state index is -0.242. The number of pyridine rings is 1. The molecule has 1 aliphatic rings. The fourth-order valence-electron chi connectivity index (χ4n) is 3.82. The van der Waals surface area contributed by atoms with Crippen LogP contribution < -0.4 is 10.1 Å². The number of carbonyl (C=O) groups excluding carboxylic acids is 2. The summed E-state index contributed by atoms with van der Waals surface area (Å²) < 4.78 is 5.34. The van der Waals surface area contributed by atoms with Crippen LogP contribution >= 0.6 is 0 Å². The number of para-hydroxylation sites is 1. The number of methoxy groups -OCH3 is 1. The summed E-state index contributed by atoms with van der Waals surface area (Å²) in [4.78, 5) is 31.5. The Morgan fingerprint density at radius 2 is 2.13 bits per heavy atom. The summed E-state index contributed by atoms with van der Waals surface area (Å²) in [6.07, 6.45) is 4.93. The first kappa shape index (κ1) is 20.6. The molecular formula is C23H25N5O3. The van der Waals surface area contributed by atoms with E-state index in [1.807, 2.05) is 36.4 Å². The number of nitrogens with zero attached hydrogens (tertiary/aromatic N) is 3. The number of aromatic nitrogens is 3. The second kappa shape index (κ2) is 9.42. The number of aromatic amines is 1. The van der Waals surface area contributed by atoms with E-state index in [4.69, 9.17) is 4.74 Å². The standard InChI is InChI=1S/C23H25N5O3/c1-31-21-9-3-2-6-17(21)14-25-22(29)18-8-5-11-28(15-18)23(30)20-12-19(26-27-20)16-7-4-10-24-13-16/h2-4,6-7,9-10,12-13,18H,5,8,11,14-15H2,1H3,(H,25,29)(H,26,27). The topological polar surface area (TPSA) is 100 Å². The Labute approximate surface area is 180 Å². The van der Waals surface area contributed by atoms with Gasteiger partial charge in [-0.25, -0.2) is 0 Å². The zero-order valence-corrected chi connectivity index (χ0v) is 17.4. The summed E-state index contributed by atoms with van der Waals surface area (Å²) in [5.41, 5.74) is 2.83. The molecule has 0 bridgehead atoms. The van der Waals surface area contributed by atoms with Crippen LogP contribution in [0.3, 0.4) is 0 Å².